The number of fused-ring (bicyclic) bond motifs is 1. The van der Waals surface area contributed by atoms with Gasteiger partial charge < -0.3 is 14.6 Å². The lowest BCUT2D eigenvalue weighted by Crippen LogP contribution is -2.32. The summed E-state index contributed by atoms with van der Waals surface area (Å²) in [5.74, 6) is 0.183. The standard InChI is InChI=1S/C23H21FN4O3/c1-31-19-4-2-3-17(14-19)20-15-21-23(30)27(11-12-28(21)26-20)10-9-25-22(29)13-16-5-7-18(24)8-6-16/h2-8,11-12,14-15H,9-10,13H2,1H3,(H,25,29). The number of hydrogen-bond acceptors (Lipinski definition) is 4. The minimum atomic E-state index is -0.339. The molecule has 0 radical (unpaired) electrons. The highest BCUT2D eigenvalue weighted by atomic mass is 19.1. The average molecular weight is 420 g/mol. The minimum Gasteiger partial charge on any atom is -0.497 e. The zero-order valence-electron chi connectivity index (χ0n) is 16.9. The maximum atomic E-state index is 13.0. The maximum Gasteiger partial charge on any atom is 0.276 e. The van der Waals surface area contributed by atoms with Crippen molar-refractivity contribution >= 4 is 11.4 Å². The summed E-state index contributed by atoms with van der Waals surface area (Å²) in [6.07, 6.45) is 3.51. The largest absolute Gasteiger partial charge is 0.497 e. The third kappa shape index (κ3) is 4.63. The Labute approximate surface area is 177 Å². The molecule has 1 N–H and O–H groups in total. The highest BCUT2D eigenvalue weighted by Gasteiger charge is 2.10. The summed E-state index contributed by atoms with van der Waals surface area (Å²) >= 11 is 0. The SMILES string of the molecule is COc1cccc(-c2cc3c(=O)n(CCNC(=O)Cc4ccc(F)cc4)ccn3n2)c1. The second kappa shape index (κ2) is 8.83. The summed E-state index contributed by atoms with van der Waals surface area (Å²) in [5.41, 5.74) is 2.49. The van der Waals surface area contributed by atoms with Crippen molar-refractivity contribution < 1.29 is 13.9 Å². The van der Waals surface area contributed by atoms with Gasteiger partial charge in [0.25, 0.3) is 5.56 Å². The van der Waals surface area contributed by atoms with E-state index in [2.05, 4.69) is 10.4 Å². The third-order valence-electron chi connectivity index (χ3n) is 4.92. The van der Waals surface area contributed by atoms with Crippen LogP contribution in [0, 0.1) is 5.82 Å². The number of carbonyl (C=O) groups is 1. The second-order valence-corrected chi connectivity index (χ2v) is 7.04. The molecule has 1 amide bonds. The van der Waals surface area contributed by atoms with Gasteiger partial charge in [-0.25, -0.2) is 8.91 Å². The number of aromatic nitrogens is 3. The van der Waals surface area contributed by atoms with E-state index < -0.39 is 0 Å². The lowest BCUT2D eigenvalue weighted by molar-refractivity contribution is -0.120. The van der Waals surface area contributed by atoms with Crippen LogP contribution in [-0.4, -0.2) is 33.7 Å². The Kier molecular flexibility index (Phi) is 5.79. The monoisotopic (exact) mass is 420 g/mol. The van der Waals surface area contributed by atoms with Crippen LogP contribution in [0.25, 0.3) is 16.8 Å². The second-order valence-electron chi connectivity index (χ2n) is 7.04. The molecule has 0 atom stereocenters. The fourth-order valence-electron chi connectivity index (χ4n) is 3.29. The first-order chi connectivity index (χ1) is 15.0. The molecule has 0 unspecified atom stereocenters. The molecule has 31 heavy (non-hydrogen) atoms. The molecule has 2 heterocycles. The smallest absolute Gasteiger partial charge is 0.276 e. The normalized spacial score (nSPS) is 10.9. The predicted octanol–water partition coefficient (Wildman–Crippen LogP) is 2.67. The molecule has 0 saturated carbocycles. The van der Waals surface area contributed by atoms with Crippen LogP contribution in [0.3, 0.4) is 0 Å². The number of ether oxygens (including phenoxy) is 1. The van der Waals surface area contributed by atoms with Crippen molar-refractivity contribution in [2.45, 2.75) is 13.0 Å². The van der Waals surface area contributed by atoms with Crippen LogP contribution < -0.4 is 15.6 Å². The molecule has 4 aromatic rings. The summed E-state index contributed by atoms with van der Waals surface area (Å²) in [6.45, 7) is 0.622. The fraction of sp³-hybridized carbons (Fsp3) is 0.174. The molecule has 0 aliphatic heterocycles. The molecule has 8 heteroatoms. The van der Waals surface area contributed by atoms with E-state index in [1.54, 1.807) is 42.2 Å². The van der Waals surface area contributed by atoms with Crippen LogP contribution in [0.15, 0.2) is 71.8 Å². The predicted molar refractivity (Wildman–Crippen MR) is 115 cm³/mol. The summed E-state index contributed by atoms with van der Waals surface area (Å²) in [5, 5.41) is 7.26. The summed E-state index contributed by atoms with van der Waals surface area (Å²) in [7, 11) is 1.60. The van der Waals surface area contributed by atoms with Gasteiger partial charge in [0.15, 0.2) is 0 Å². The number of nitrogens with one attached hydrogen (secondary N) is 1. The molecular formula is C23H21FN4O3. The van der Waals surface area contributed by atoms with Crippen LogP contribution in [0.5, 0.6) is 5.75 Å². The molecule has 2 aromatic carbocycles. The number of nitrogens with zero attached hydrogens (tertiary/aromatic N) is 3. The first-order valence-electron chi connectivity index (χ1n) is 9.78. The fourth-order valence-corrected chi connectivity index (χ4v) is 3.29. The van der Waals surface area contributed by atoms with Crippen LogP contribution in [-0.2, 0) is 17.8 Å². The first kappa shape index (κ1) is 20.3. The first-order valence-corrected chi connectivity index (χ1v) is 9.78. The number of benzene rings is 2. The number of rotatable bonds is 7. The molecule has 0 fully saturated rings. The van der Waals surface area contributed by atoms with Gasteiger partial charge in [-0.3, -0.25) is 9.59 Å². The third-order valence-corrected chi connectivity index (χ3v) is 4.92. The van der Waals surface area contributed by atoms with Crippen LogP contribution in [0.2, 0.25) is 0 Å². The van der Waals surface area contributed by atoms with E-state index in [4.69, 9.17) is 4.74 Å². The van der Waals surface area contributed by atoms with Gasteiger partial charge in [-0.15, -0.1) is 0 Å². The number of methoxy groups -OCH3 is 1. The molecule has 0 aliphatic rings. The van der Waals surface area contributed by atoms with Gasteiger partial charge in [0, 0.05) is 31.0 Å². The van der Waals surface area contributed by atoms with Crippen molar-refractivity contribution in [3.8, 4) is 17.0 Å². The highest BCUT2D eigenvalue weighted by Crippen LogP contribution is 2.23. The van der Waals surface area contributed by atoms with Crippen molar-refractivity contribution in [3.63, 3.8) is 0 Å². The molecule has 2 aromatic heterocycles. The van der Waals surface area contributed by atoms with Gasteiger partial charge in [0.05, 0.1) is 19.2 Å². The molecular weight excluding hydrogens is 399 g/mol. The van der Waals surface area contributed by atoms with Gasteiger partial charge in [0.2, 0.25) is 5.91 Å². The number of carbonyl (C=O) groups excluding carboxylic acids is 1. The zero-order chi connectivity index (χ0) is 21.8. The topological polar surface area (TPSA) is 77.6 Å². The van der Waals surface area contributed by atoms with Crippen LogP contribution >= 0.6 is 0 Å². The number of hydrogen-bond donors (Lipinski definition) is 1. The Morgan fingerprint density at radius 2 is 1.94 bits per heavy atom. The van der Waals surface area contributed by atoms with Crippen LogP contribution in [0.4, 0.5) is 4.39 Å². The Morgan fingerprint density at radius 3 is 2.71 bits per heavy atom. The van der Waals surface area contributed by atoms with Gasteiger partial charge in [-0.2, -0.15) is 5.10 Å². The molecule has 7 nitrogen and oxygen atoms in total. The summed E-state index contributed by atoms with van der Waals surface area (Å²) in [4.78, 5) is 24.9. The Balaban J connectivity index is 1.43. The Morgan fingerprint density at radius 1 is 1.13 bits per heavy atom. The van der Waals surface area contributed by atoms with E-state index in [1.165, 1.54) is 16.7 Å². The van der Waals surface area contributed by atoms with Gasteiger partial charge >= 0.3 is 0 Å². The van der Waals surface area contributed by atoms with E-state index in [-0.39, 0.29) is 23.7 Å². The molecule has 0 spiro atoms. The van der Waals surface area contributed by atoms with E-state index in [1.807, 2.05) is 24.3 Å². The van der Waals surface area contributed by atoms with Gasteiger partial charge in [-0.05, 0) is 35.9 Å². The van der Waals surface area contributed by atoms with E-state index in [0.717, 1.165) is 11.1 Å². The molecule has 0 bridgehead atoms. The highest BCUT2D eigenvalue weighted by molar-refractivity contribution is 5.78. The van der Waals surface area contributed by atoms with Crippen molar-refractivity contribution in [2.24, 2.45) is 0 Å². The zero-order valence-corrected chi connectivity index (χ0v) is 16.9. The summed E-state index contributed by atoms with van der Waals surface area (Å²) in [6, 6.07) is 15.0. The van der Waals surface area contributed by atoms with Crippen LogP contribution in [0.1, 0.15) is 5.56 Å². The van der Waals surface area contributed by atoms with E-state index >= 15 is 0 Å². The lowest BCUT2D eigenvalue weighted by Gasteiger charge is -2.08. The summed E-state index contributed by atoms with van der Waals surface area (Å²) < 4.78 is 21.3. The van der Waals surface area contributed by atoms with Gasteiger partial charge in [-0.1, -0.05) is 24.3 Å². The van der Waals surface area contributed by atoms with E-state index in [0.29, 0.717) is 30.0 Å². The quantitative estimate of drug-likeness (QED) is 0.499. The Hall–Kier alpha value is -3.94. The van der Waals surface area contributed by atoms with Gasteiger partial charge in [0.1, 0.15) is 17.1 Å². The molecule has 0 aliphatic carbocycles. The van der Waals surface area contributed by atoms with Crippen molar-refractivity contribution in [1.29, 1.82) is 0 Å². The Bertz CT molecular complexity index is 1280. The number of amides is 1. The van der Waals surface area contributed by atoms with Crippen molar-refractivity contribution in [2.75, 3.05) is 13.7 Å². The molecule has 158 valence electrons. The molecule has 4 rings (SSSR count). The molecule has 0 saturated heterocycles. The maximum absolute atomic E-state index is 13.0. The lowest BCUT2D eigenvalue weighted by atomic mass is 10.1. The minimum absolute atomic E-state index is 0.154. The number of halogens is 1. The van der Waals surface area contributed by atoms with E-state index in [9.17, 15) is 14.0 Å². The van der Waals surface area contributed by atoms with Crippen molar-refractivity contribution in [1.82, 2.24) is 19.5 Å². The average Bonchev–Trinajstić information content (AvgIpc) is 3.22. The van der Waals surface area contributed by atoms with Crippen molar-refractivity contribution in [3.05, 3.63) is 88.7 Å².